The summed E-state index contributed by atoms with van der Waals surface area (Å²) in [7, 11) is 0. The molecule has 2 atom stereocenters. The highest BCUT2D eigenvalue weighted by Crippen LogP contribution is 2.36. The van der Waals surface area contributed by atoms with Gasteiger partial charge in [0.05, 0.1) is 0 Å². The fourth-order valence-corrected chi connectivity index (χ4v) is 3.03. The van der Waals surface area contributed by atoms with Crippen molar-refractivity contribution in [1.82, 2.24) is 5.48 Å². The van der Waals surface area contributed by atoms with Gasteiger partial charge < -0.3 is 0 Å². The first-order chi connectivity index (χ1) is 8.93. The first kappa shape index (κ1) is 16.2. The predicted octanol–water partition coefficient (Wildman–Crippen LogP) is 4.07. The van der Waals surface area contributed by atoms with Gasteiger partial charge in [-0.25, -0.2) is 5.48 Å². The SMILES string of the molecule is CC(C)(C)C1CCCCC(/C=C/C(=O)NO)CCC1. The highest BCUT2D eigenvalue weighted by molar-refractivity contribution is 5.86. The molecule has 0 heterocycles. The van der Waals surface area contributed by atoms with E-state index in [-0.39, 0.29) is 0 Å². The van der Waals surface area contributed by atoms with Crippen LogP contribution < -0.4 is 5.48 Å². The van der Waals surface area contributed by atoms with Crippen molar-refractivity contribution in [3.05, 3.63) is 12.2 Å². The quantitative estimate of drug-likeness (QED) is 0.450. The van der Waals surface area contributed by atoms with Gasteiger partial charge in [0.25, 0.3) is 5.91 Å². The zero-order chi connectivity index (χ0) is 14.3. The van der Waals surface area contributed by atoms with E-state index in [9.17, 15) is 4.79 Å². The molecule has 1 amide bonds. The van der Waals surface area contributed by atoms with Crippen molar-refractivity contribution in [2.75, 3.05) is 0 Å². The second-order valence-corrected chi connectivity index (χ2v) is 6.87. The van der Waals surface area contributed by atoms with Crippen molar-refractivity contribution < 1.29 is 10.0 Å². The third-order valence-electron chi connectivity index (χ3n) is 4.36. The number of rotatable bonds is 2. The maximum Gasteiger partial charge on any atom is 0.267 e. The zero-order valence-corrected chi connectivity index (χ0v) is 12.6. The van der Waals surface area contributed by atoms with E-state index in [0.29, 0.717) is 11.3 Å². The number of nitrogens with one attached hydrogen (secondary N) is 1. The van der Waals surface area contributed by atoms with Crippen LogP contribution in [0.25, 0.3) is 0 Å². The molecule has 19 heavy (non-hydrogen) atoms. The molecule has 3 nitrogen and oxygen atoms in total. The van der Waals surface area contributed by atoms with E-state index in [1.165, 1.54) is 38.2 Å². The number of hydrogen-bond acceptors (Lipinski definition) is 2. The molecule has 0 radical (unpaired) electrons. The molecule has 1 rings (SSSR count). The molecule has 1 aliphatic rings. The summed E-state index contributed by atoms with van der Waals surface area (Å²) in [6.45, 7) is 7.04. The van der Waals surface area contributed by atoms with Gasteiger partial charge in [-0.15, -0.1) is 0 Å². The average molecular weight is 267 g/mol. The molecule has 0 saturated heterocycles. The van der Waals surface area contributed by atoms with Gasteiger partial charge in [-0.3, -0.25) is 10.0 Å². The van der Waals surface area contributed by atoms with Crippen molar-refractivity contribution in [1.29, 1.82) is 0 Å². The molecule has 2 N–H and O–H groups in total. The van der Waals surface area contributed by atoms with Crippen molar-refractivity contribution in [2.45, 2.75) is 65.7 Å². The Morgan fingerprint density at radius 3 is 2.32 bits per heavy atom. The maximum absolute atomic E-state index is 11.0. The Bertz CT molecular complexity index is 304. The lowest BCUT2D eigenvalue weighted by Gasteiger charge is -2.30. The molecule has 1 aliphatic carbocycles. The molecular weight excluding hydrogens is 238 g/mol. The van der Waals surface area contributed by atoms with Crippen molar-refractivity contribution in [2.24, 2.45) is 17.3 Å². The molecule has 2 unspecified atom stereocenters. The number of amides is 1. The Morgan fingerprint density at radius 2 is 1.68 bits per heavy atom. The van der Waals surface area contributed by atoms with Crippen LogP contribution in [-0.2, 0) is 4.79 Å². The molecule has 0 aromatic carbocycles. The van der Waals surface area contributed by atoms with E-state index in [1.807, 2.05) is 6.08 Å². The van der Waals surface area contributed by atoms with E-state index >= 15 is 0 Å². The number of allylic oxidation sites excluding steroid dienone is 1. The number of carbonyl (C=O) groups excluding carboxylic acids is 1. The van der Waals surface area contributed by atoms with Gasteiger partial charge in [0.1, 0.15) is 0 Å². The lowest BCUT2D eigenvalue weighted by atomic mass is 9.75. The molecule has 0 aromatic heterocycles. The molecular formula is C16H29NO2. The Balaban J connectivity index is 2.50. The Morgan fingerprint density at radius 1 is 1.11 bits per heavy atom. The van der Waals surface area contributed by atoms with Crippen LogP contribution in [0.4, 0.5) is 0 Å². The van der Waals surface area contributed by atoms with Crippen LogP contribution in [0, 0.1) is 17.3 Å². The highest BCUT2D eigenvalue weighted by atomic mass is 16.5. The molecule has 0 aromatic rings. The van der Waals surface area contributed by atoms with Crippen LogP contribution in [0.5, 0.6) is 0 Å². The van der Waals surface area contributed by atoms with Crippen LogP contribution >= 0.6 is 0 Å². The van der Waals surface area contributed by atoms with E-state index in [2.05, 4.69) is 20.8 Å². The summed E-state index contributed by atoms with van der Waals surface area (Å²) in [5.74, 6) is 0.874. The monoisotopic (exact) mass is 267 g/mol. The third kappa shape index (κ3) is 6.24. The summed E-state index contributed by atoms with van der Waals surface area (Å²) in [4.78, 5) is 11.0. The van der Waals surface area contributed by atoms with Gasteiger partial charge in [0.15, 0.2) is 0 Å². The van der Waals surface area contributed by atoms with E-state index in [4.69, 9.17) is 5.21 Å². The van der Waals surface area contributed by atoms with Crippen LogP contribution in [0.3, 0.4) is 0 Å². The van der Waals surface area contributed by atoms with E-state index in [0.717, 1.165) is 18.8 Å². The molecule has 1 saturated carbocycles. The molecule has 0 spiro atoms. The first-order valence-corrected chi connectivity index (χ1v) is 7.55. The van der Waals surface area contributed by atoms with Crippen molar-refractivity contribution in [3.8, 4) is 0 Å². The first-order valence-electron chi connectivity index (χ1n) is 7.55. The summed E-state index contributed by atoms with van der Waals surface area (Å²) < 4.78 is 0. The van der Waals surface area contributed by atoms with Gasteiger partial charge in [0, 0.05) is 6.08 Å². The summed E-state index contributed by atoms with van der Waals surface area (Å²) >= 11 is 0. The van der Waals surface area contributed by atoms with Crippen LogP contribution in [0.1, 0.15) is 65.7 Å². The number of hydrogen-bond donors (Lipinski definition) is 2. The molecule has 110 valence electrons. The van der Waals surface area contributed by atoms with E-state index in [1.54, 1.807) is 5.48 Å². The minimum absolute atomic E-state index is 0.409. The Hall–Kier alpha value is -0.830. The normalized spacial score (nSPS) is 26.5. The van der Waals surface area contributed by atoms with Gasteiger partial charge >= 0.3 is 0 Å². The zero-order valence-electron chi connectivity index (χ0n) is 12.6. The second-order valence-electron chi connectivity index (χ2n) is 6.87. The average Bonchev–Trinajstić information content (AvgIpc) is 2.46. The smallest absolute Gasteiger partial charge is 0.267 e. The van der Waals surface area contributed by atoms with Crippen molar-refractivity contribution in [3.63, 3.8) is 0 Å². The standard InChI is InChI=1S/C16H29NO2/c1-16(2,3)14-9-5-4-7-13(8-6-10-14)11-12-15(18)17-19/h11-14,19H,4-10H2,1-3H3,(H,17,18)/b12-11+. The Labute approximate surface area is 117 Å². The van der Waals surface area contributed by atoms with Gasteiger partial charge in [-0.2, -0.15) is 0 Å². The minimum atomic E-state index is -0.424. The van der Waals surface area contributed by atoms with Crippen molar-refractivity contribution >= 4 is 5.91 Å². The topological polar surface area (TPSA) is 49.3 Å². The van der Waals surface area contributed by atoms with Gasteiger partial charge in [-0.05, 0) is 42.9 Å². The second kappa shape index (κ2) is 7.68. The highest BCUT2D eigenvalue weighted by Gasteiger charge is 2.24. The number of hydroxylamine groups is 1. The molecule has 3 heteroatoms. The number of carbonyl (C=O) groups is 1. The van der Waals surface area contributed by atoms with E-state index < -0.39 is 5.91 Å². The minimum Gasteiger partial charge on any atom is -0.288 e. The largest absolute Gasteiger partial charge is 0.288 e. The van der Waals surface area contributed by atoms with Gasteiger partial charge in [-0.1, -0.05) is 46.1 Å². The fraction of sp³-hybridized carbons (Fsp3) is 0.812. The third-order valence-corrected chi connectivity index (χ3v) is 4.36. The van der Waals surface area contributed by atoms with Gasteiger partial charge in [0.2, 0.25) is 0 Å². The van der Waals surface area contributed by atoms with Crippen LogP contribution in [0.15, 0.2) is 12.2 Å². The lowest BCUT2D eigenvalue weighted by Crippen LogP contribution is -2.20. The summed E-state index contributed by atoms with van der Waals surface area (Å²) in [6, 6.07) is 0. The van der Waals surface area contributed by atoms with Crippen LogP contribution in [-0.4, -0.2) is 11.1 Å². The summed E-state index contributed by atoms with van der Waals surface area (Å²) in [5, 5.41) is 8.48. The molecule has 0 bridgehead atoms. The fourth-order valence-electron chi connectivity index (χ4n) is 3.03. The summed E-state index contributed by atoms with van der Waals surface area (Å²) in [6.07, 6.45) is 12.1. The molecule has 1 fully saturated rings. The predicted molar refractivity (Wildman–Crippen MR) is 77.8 cm³/mol. The molecule has 0 aliphatic heterocycles. The Kier molecular flexibility index (Phi) is 6.56. The van der Waals surface area contributed by atoms with Crippen LogP contribution in [0.2, 0.25) is 0 Å². The summed E-state index contributed by atoms with van der Waals surface area (Å²) in [5.41, 5.74) is 2.06. The lowest BCUT2D eigenvalue weighted by molar-refractivity contribution is -0.124. The maximum atomic E-state index is 11.0.